The standard InChI is InChI=1S/C22H26F2N2O3/c1-22(2,11-13-6-14(23)8-15(24)7-13)25-12-20(28)18-9-16(27)10-19-17(18)4-3-5-21(29)26-19/h6-10,20,25,27-28H,3-5,11-12H2,1-2H3,(H,26,29). The Labute approximate surface area is 168 Å². The van der Waals surface area contributed by atoms with Gasteiger partial charge in [0.1, 0.15) is 17.4 Å². The zero-order chi connectivity index (χ0) is 21.2. The van der Waals surface area contributed by atoms with Gasteiger partial charge in [-0.05, 0) is 68.0 Å². The lowest BCUT2D eigenvalue weighted by Gasteiger charge is -2.29. The van der Waals surface area contributed by atoms with Gasteiger partial charge in [0.15, 0.2) is 0 Å². The topological polar surface area (TPSA) is 81.6 Å². The van der Waals surface area contributed by atoms with Gasteiger partial charge in [-0.3, -0.25) is 4.79 Å². The first-order chi connectivity index (χ1) is 13.6. The molecule has 0 aliphatic carbocycles. The number of β-amino-alcohol motifs (C(OH)–C–C–N with tert-alkyl or cyclic N) is 1. The molecule has 1 aliphatic rings. The van der Waals surface area contributed by atoms with Gasteiger partial charge in [-0.1, -0.05) is 0 Å². The number of carbonyl (C=O) groups excluding carboxylic acids is 1. The number of halogens is 2. The molecule has 5 nitrogen and oxygen atoms in total. The lowest BCUT2D eigenvalue weighted by Crippen LogP contribution is -2.43. The Kier molecular flexibility index (Phi) is 6.19. The van der Waals surface area contributed by atoms with E-state index in [1.807, 2.05) is 13.8 Å². The number of aliphatic hydroxyl groups is 1. The van der Waals surface area contributed by atoms with E-state index in [9.17, 15) is 23.8 Å². The molecule has 29 heavy (non-hydrogen) atoms. The van der Waals surface area contributed by atoms with Crippen LogP contribution >= 0.6 is 0 Å². The first kappa shape index (κ1) is 21.2. The lowest BCUT2D eigenvalue weighted by molar-refractivity contribution is -0.116. The summed E-state index contributed by atoms with van der Waals surface area (Å²) in [5.74, 6) is -1.40. The third kappa shape index (κ3) is 5.52. The Bertz CT molecular complexity index is 895. The average Bonchev–Trinajstić information content (AvgIpc) is 2.78. The Morgan fingerprint density at radius 2 is 1.83 bits per heavy atom. The molecule has 7 heteroatoms. The number of phenols is 1. The number of fused-ring (bicyclic) bond motifs is 1. The molecule has 4 N–H and O–H groups in total. The number of aliphatic hydroxyl groups excluding tert-OH is 1. The molecule has 0 saturated heterocycles. The maximum absolute atomic E-state index is 13.4. The van der Waals surface area contributed by atoms with E-state index in [1.165, 1.54) is 24.3 Å². The van der Waals surface area contributed by atoms with Gasteiger partial charge in [-0.15, -0.1) is 0 Å². The Hall–Kier alpha value is -2.51. The summed E-state index contributed by atoms with van der Waals surface area (Å²) in [6.45, 7) is 3.94. The number of amides is 1. The number of rotatable bonds is 6. The first-order valence-corrected chi connectivity index (χ1v) is 9.67. The Morgan fingerprint density at radius 1 is 1.14 bits per heavy atom. The molecule has 0 bridgehead atoms. The third-order valence-corrected chi connectivity index (χ3v) is 5.08. The van der Waals surface area contributed by atoms with Crippen molar-refractivity contribution < 1.29 is 23.8 Å². The molecule has 1 unspecified atom stereocenters. The molecule has 1 amide bonds. The van der Waals surface area contributed by atoms with E-state index in [2.05, 4.69) is 10.6 Å². The summed E-state index contributed by atoms with van der Waals surface area (Å²) in [7, 11) is 0. The van der Waals surface area contributed by atoms with E-state index in [0.29, 0.717) is 42.5 Å². The van der Waals surface area contributed by atoms with Gasteiger partial charge in [0.05, 0.1) is 6.10 Å². The highest BCUT2D eigenvalue weighted by molar-refractivity contribution is 5.92. The van der Waals surface area contributed by atoms with Gasteiger partial charge in [0.2, 0.25) is 5.91 Å². The molecule has 1 atom stereocenters. The second-order valence-electron chi connectivity index (χ2n) is 8.20. The van der Waals surface area contributed by atoms with Crippen molar-refractivity contribution in [2.45, 2.75) is 51.2 Å². The number of benzene rings is 2. The SMILES string of the molecule is CC(C)(Cc1cc(F)cc(F)c1)NCC(O)c1cc(O)cc2c1CCCC(=O)N2. The van der Waals surface area contributed by atoms with Crippen LogP contribution in [0.5, 0.6) is 5.75 Å². The van der Waals surface area contributed by atoms with Crippen LogP contribution in [0, 0.1) is 11.6 Å². The number of carbonyl (C=O) groups is 1. The molecule has 2 aromatic rings. The summed E-state index contributed by atoms with van der Waals surface area (Å²) in [6, 6.07) is 6.42. The van der Waals surface area contributed by atoms with Crippen LogP contribution in [-0.2, 0) is 17.6 Å². The van der Waals surface area contributed by atoms with Gasteiger partial charge < -0.3 is 20.8 Å². The highest BCUT2D eigenvalue weighted by Crippen LogP contribution is 2.33. The molecule has 0 radical (unpaired) electrons. The van der Waals surface area contributed by atoms with Crippen LogP contribution in [0.2, 0.25) is 0 Å². The molecule has 3 rings (SSSR count). The van der Waals surface area contributed by atoms with E-state index in [-0.39, 0.29) is 18.2 Å². The maximum atomic E-state index is 13.4. The van der Waals surface area contributed by atoms with Crippen molar-refractivity contribution in [3.05, 3.63) is 58.7 Å². The van der Waals surface area contributed by atoms with Crippen LogP contribution in [0.4, 0.5) is 14.5 Å². The largest absolute Gasteiger partial charge is 0.508 e. The Morgan fingerprint density at radius 3 is 2.52 bits per heavy atom. The van der Waals surface area contributed by atoms with E-state index < -0.39 is 23.3 Å². The zero-order valence-corrected chi connectivity index (χ0v) is 16.6. The summed E-state index contributed by atoms with van der Waals surface area (Å²) >= 11 is 0. The van der Waals surface area contributed by atoms with E-state index in [1.54, 1.807) is 0 Å². The molecule has 156 valence electrons. The van der Waals surface area contributed by atoms with Gasteiger partial charge in [0.25, 0.3) is 0 Å². The molecule has 0 fully saturated rings. The molecule has 0 saturated carbocycles. The van der Waals surface area contributed by atoms with Crippen molar-refractivity contribution in [2.24, 2.45) is 0 Å². The van der Waals surface area contributed by atoms with Crippen LogP contribution in [0.25, 0.3) is 0 Å². The van der Waals surface area contributed by atoms with Crippen LogP contribution in [0.3, 0.4) is 0 Å². The molecule has 0 aromatic heterocycles. The highest BCUT2D eigenvalue weighted by atomic mass is 19.1. The predicted molar refractivity (Wildman–Crippen MR) is 107 cm³/mol. The first-order valence-electron chi connectivity index (χ1n) is 9.67. The fourth-order valence-corrected chi connectivity index (χ4v) is 3.77. The molecule has 1 heterocycles. The normalized spacial score (nSPS) is 15.4. The number of hydrogen-bond donors (Lipinski definition) is 4. The van der Waals surface area contributed by atoms with Crippen molar-refractivity contribution >= 4 is 11.6 Å². The summed E-state index contributed by atoms with van der Waals surface area (Å²) in [4.78, 5) is 11.8. The van der Waals surface area contributed by atoms with E-state index in [0.717, 1.165) is 11.6 Å². The minimum absolute atomic E-state index is 0.0329. The summed E-state index contributed by atoms with van der Waals surface area (Å²) in [5, 5.41) is 26.8. The summed E-state index contributed by atoms with van der Waals surface area (Å²) in [6.07, 6.45) is 1.11. The van der Waals surface area contributed by atoms with Gasteiger partial charge in [0, 0.05) is 36.3 Å². The van der Waals surface area contributed by atoms with E-state index >= 15 is 0 Å². The average molecular weight is 404 g/mol. The second-order valence-corrected chi connectivity index (χ2v) is 8.20. The number of phenolic OH excluding ortho intramolecular Hbond substituents is 1. The van der Waals surface area contributed by atoms with Crippen LogP contribution in [0.15, 0.2) is 30.3 Å². The van der Waals surface area contributed by atoms with Crippen molar-refractivity contribution in [1.29, 1.82) is 0 Å². The number of anilines is 1. The van der Waals surface area contributed by atoms with Crippen molar-refractivity contribution in [2.75, 3.05) is 11.9 Å². The van der Waals surface area contributed by atoms with Crippen LogP contribution in [-0.4, -0.2) is 28.2 Å². The highest BCUT2D eigenvalue weighted by Gasteiger charge is 2.24. The maximum Gasteiger partial charge on any atom is 0.224 e. The fourth-order valence-electron chi connectivity index (χ4n) is 3.77. The van der Waals surface area contributed by atoms with Gasteiger partial charge in [-0.2, -0.15) is 0 Å². The van der Waals surface area contributed by atoms with Crippen LogP contribution in [0.1, 0.15) is 49.5 Å². The monoisotopic (exact) mass is 404 g/mol. The number of nitrogens with one attached hydrogen (secondary N) is 2. The summed E-state index contributed by atoms with van der Waals surface area (Å²) in [5.41, 5.74) is 1.87. The molecular weight excluding hydrogens is 378 g/mol. The van der Waals surface area contributed by atoms with E-state index in [4.69, 9.17) is 0 Å². The Balaban J connectivity index is 1.73. The van der Waals surface area contributed by atoms with Crippen molar-refractivity contribution in [3.8, 4) is 5.75 Å². The summed E-state index contributed by atoms with van der Waals surface area (Å²) < 4.78 is 26.9. The molecular formula is C22H26F2N2O3. The van der Waals surface area contributed by atoms with Crippen molar-refractivity contribution in [3.63, 3.8) is 0 Å². The molecule has 1 aliphatic heterocycles. The predicted octanol–water partition coefficient (Wildman–Crippen LogP) is 3.59. The smallest absolute Gasteiger partial charge is 0.224 e. The second kappa shape index (κ2) is 8.47. The lowest BCUT2D eigenvalue weighted by atomic mass is 9.93. The number of aromatic hydroxyl groups is 1. The molecule has 2 aromatic carbocycles. The minimum atomic E-state index is -0.922. The minimum Gasteiger partial charge on any atom is -0.508 e. The van der Waals surface area contributed by atoms with Crippen LogP contribution < -0.4 is 10.6 Å². The number of hydrogen-bond acceptors (Lipinski definition) is 4. The zero-order valence-electron chi connectivity index (χ0n) is 16.6. The quantitative estimate of drug-likeness (QED) is 0.593. The molecule has 0 spiro atoms. The van der Waals surface area contributed by atoms with Crippen molar-refractivity contribution in [1.82, 2.24) is 5.32 Å². The fraction of sp³-hybridized carbons (Fsp3) is 0.409. The third-order valence-electron chi connectivity index (χ3n) is 5.08. The van der Waals surface area contributed by atoms with Gasteiger partial charge in [-0.25, -0.2) is 8.78 Å². The van der Waals surface area contributed by atoms with Gasteiger partial charge >= 0.3 is 0 Å².